The number of benzene rings is 7. The van der Waals surface area contributed by atoms with Gasteiger partial charge in [-0.05, 0) is 92.7 Å². The predicted molar refractivity (Wildman–Crippen MR) is 210 cm³/mol. The average Bonchev–Trinajstić information content (AvgIpc) is 3.79. The van der Waals surface area contributed by atoms with Crippen LogP contribution in [0.2, 0.25) is 0 Å². The van der Waals surface area contributed by atoms with Crippen LogP contribution < -0.4 is 0 Å². The molecule has 3 heterocycles. The van der Waals surface area contributed by atoms with E-state index in [9.17, 15) is 0 Å². The third-order valence-corrected chi connectivity index (χ3v) is 11.1. The normalized spacial score (nSPS) is 13.5. The van der Waals surface area contributed by atoms with E-state index in [0.29, 0.717) is 5.58 Å². The molecule has 0 aliphatic heterocycles. The van der Waals surface area contributed by atoms with E-state index in [4.69, 9.17) is 14.4 Å². The van der Waals surface area contributed by atoms with Crippen molar-refractivity contribution in [3.8, 4) is 39.2 Å². The van der Waals surface area contributed by atoms with Gasteiger partial charge in [0, 0.05) is 32.8 Å². The number of nitrogens with zero attached hydrogens (tertiary/aromatic N) is 3. The van der Waals surface area contributed by atoms with Crippen LogP contribution in [0.15, 0.2) is 156 Å². The molecule has 0 unspecified atom stereocenters. The lowest BCUT2D eigenvalue weighted by Crippen LogP contribution is -2.14. The van der Waals surface area contributed by atoms with Crippen LogP contribution in [0.4, 0.5) is 0 Å². The SMILES string of the molecule is CC1(C)c2ccccc2-c2cc3c4ccccc4n(-c4cccc(-c5ncnc6c5oc5ccc(-c7ccc8ccccc8c7)cc56)c4)c3cc21. The fourth-order valence-corrected chi connectivity index (χ4v) is 8.56. The van der Waals surface area contributed by atoms with Gasteiger partial charge in [0.05, 0.1) is 11.0 Å². The molecule has 0 N–H and O–H groups in total. The highest BCUT2D eigenvalue weighted by Gasteiger charge is 2.36. The highest BCUT2D eigenvalue weighted by atomic mass is 16.3. The van der Waals surface area contributed by atoms with Crippen molar-refractivity contribution in [3.05, 3.63) is 163 Å². The minimum atomic E-state index is -0.0920. The summed E-state index contributed by atoms with van der Waals surface area (Å²) in [6.07, 6.45) is 1.66. The molecular formula is C47H31N3O. The van der Waals surface area contributed by atoms with Gasteiger partial charge in [-0.15, -0.1) is 0 Å². The van der Waals surface area contributed by atoms with Crippen molar-refractivity contribution in [2.24, 2.45) is 0 Å². The third kappa shape index (κ3) is 4.02. The monoisotopic (exact) mass is 653 g/mol. The van der Waals surface area contributed by atoms with Crippen molar-refractivity contribution in [1.29, 1.82) is 0 Å². The molecule has 0 bridgehead atoms. The molecule has 240 valence electrons. The van der Waals surface area contributed by atoms with E-state index < -0.39 is 0 Å². The number of rotatable bonds is 3. The van der Waals surface area contributed by atoms with E-state index in [1.165, 1.54) is 54.8 Å². The molecule has 1 aliphatic carbocycles. The number of hydrogen-bond donors (Lipinski definition) is 0. The lowest BCUT2D eigenvalue weighted by Gasteiger charge is -2.21. The minimum absolute atomic E-state index is 0.0920. The summed E-state index contributed by atoms with van der Waals surface area (Å²) < 4.78 is 8.95. The minimum Gasteiger partial charge on any atom is -0.452 e. The second-order valence-electron chi connectivity index (χ2n) is 14.3. The zero-order chi connectivity index (χ0) is 33.8. The molecular weight excluding hydrogens is 623 g/mol. The Labute approximate surface area is 294 Å². The molecule has 3 aromatic heterocycles. The molecule has 10 aromatic rings. The van der Waals surface area contributed by atoms with E-state index in [2.05, 4.69) is 164 Å². The Hall–Kier alpha value is -6.52. The summed E-state index contributed by atoms with van der Waals surface area (Å²) in [5.74, 6) is 0. The van der Waals surface area contributed by atoms with Gasteiger partial charge in [-0.25, -0.2) is 9.97 Å². The Bertz CT molecular complexity index is 3070. The predicted octanol–water partition coefficient (Wildman–Crippen LogP) is 12.3. The molecule has 11 rings (SSSR count). The Morgan fingerprint density at radius 2 is 1.33 bits per heavy atom. The lowest BCUT2D eigenvalue weighted by atomic mass is 9.82. The lowest BCUT2D eigenvalue weighted by molar-refractivity contribution is 0.661. The zero-order valence-electron chi connectivity index (χ0n) is 28.2. The van der Waals surface area contributed by atoms with Crippen molar-refractivity contribution in [2.75, 3.05) is 0 Å². The summed E-state index contributed by atoms with van der Waals surface area (Å²) in [5.41, 5.74) is 15.1. The molecule has 51 heavy (non-hydrogen) atoms. The van der Waals surface area contributed by atoms with Gasteiger partial charge in [0.1, 0.15) is 23.1 Å². The van der Waals surface area contributed by atoms with Crippen LogP contribution in [-0.4, -0.2) is 14.5 Å². The molecule has 4 nitrogen and oxygen atoms in total. The summed E-state index contributed by atoms with van der Waals surface area (Å²) in [5, 5.41) is 5.93. The summed E-state index contributed by atoms with van der Waals surface area (Å²) in [7, 11) is 0. The van der Waals surface area contributed by atoms with Gasteiger partial charge in [-0.1, -0.05) is 111 Å². The first kappa shape index (κ1) is 28.3. The van der Waals surface area contributed by atoms with E-state index >= 15 is 0 Å². The highest BCUT2D eigenvalue weighted by molar-refractivity contribution is 6.12. The van der Waals surface area contributed by atoms with Crippen molar-refractivity contribution in [3.63, 3.8) is 0 Å². The first-order chi connectivity index (χ1) is 25.0. The van der Waals surface area contributed by atoms with Crippen LogP contribution in [0.25, 0.3) is 93.8 Å². The van der Waals surface area contributed by atoms with Gasteiger partial charge >= 0.3 is 0 Å². The zero-order valence-corrected chi connectivity index (χ0v) is 28.2. The molecule has 0 saturated heterocycles. The molecule has 4 heteroatoms. The summed E-state index contributed by atoms with van der Waals surface area (Å²) >= 11 is 0. The molecule has 0 spiro atoms. The number of hydrogen-bond acceptors (Lipinski definition) is 3. The first-order valence-corrected chi connectivity index (χ1v) is 17.5. The fraction of sp³-hybridized carbons (Fsp3) is 0.0638. The number of fused-ring (bicyclic) bond motifs is 10. The molecule has 0 fully saturated rings. The van der Waals surface area contributed by atoms with E-state index in [1.54, 1.807) is 6.33 Å². The maximum atomic E-state index is 6.54. The average molecular weight is 654 g/mol. The second kappa shape index (κ2) is 10.3. The molecule has 1 aliphatic rings. The largest absolute Gasteiger partial charge is 0.452 e. The van der Waals surface area contributed by atoms with Crippen LogP contribution in [0.1, 0.15) is 25.0 Å². The van der Waals surface area contributed by atoms with Gasteiger partial charge < -0.3 is 8.98 Å². The Morgan fingerprint density at radius 1 is 0.529 bits per heavy atom. The van der Waals surface area contributed by atoms with Crippen molar-refractivity contribution in [1.82, 2.24) is 14.5 Å². The first-order valence-electron chi connectivity index (χ1n) is 17.5. The topological polar surface area (TPSA) is 43.9 Å². The number of aromatic nitrogens is 3. The number of furan rings is 1. The highest BCUT2D eigenvalue weighted by Crippen LogP contribution is 2.51. The second-order valence-corrected chi connectivity index (χ2v) is 14.3. The maximum absolute atomic E-state index is 6.54. The van der Waals surface area contributed by atoms with Crippen molar-refractivity contribution in [2.45, 2.75) is 19.3 Å². The van der Waals surface area contributed by atoms with Crippen LogP contribution in [-0.2, 0) is 5.41 Å². The fourth-order valence-electron chi connectivity index (χ4n) is 8.56. The standard InChI is InChI=1S/C47H31N3O/c1-47(2)39-16-7-5-14-34(39)36-25-37-35-15-6-8-17-41(35)50(42(37)26-40(36)47)33-13-9-12-32(23-33)44-46-45(49-27-48-44)38-24-31(20-21-43(38)51-46)30-19-18-28-10-3-4-11-29(28)22-30/h3-27H,1-2H3. The van der Waals surface area contributed by atoms with Crippen LogP contribution in [0.5, 0.6) is 0 Å². The summed E-state index contributed by atoms with van der Waals surface area (Å²) in [4.78, 5) is 9.56. The van der Waals surface area contributed by atoms with Crippen molar-refractivity contribution < 1.29 is 4.42 Å². The van der Waals surface area contributed by atoms with E-state index in [-0.39, 0.29) is 5.41 Å². The Kier molecular flexibility index (Phi) is 5.70. The van der Waals surface area contributed by atoms with E-state index in [0.717, 1.165) is 44.6 Å². The Morgan fingerprint density at radius 3 is 2.27 bits per heavy atom. The van der Waals surface area contributed by atoms with Gasteiger partial charge in [0.15, 0.2) is 5.58 Å². The maximum Gasteiger partial charge on any atom is 0.180 e. The van der Waals surface area contributed by atoms with Crippen LogP contribution in [0, 0.1) is 0 Å². The molecule has 7 aromatic carbocycles. The number of para-hydroxylation sites is 1. The molecule has 0 saturated carbocycles. The van der Waals surface area contributed by atoms with Crippen LogP contribution in [0.3, 0.4) is 0 Å². The van der Waals surface area contributed by atoms with Crippen molar-refractivity contribution >= 4 is 54.6 Å². The summed E-state index contributed by atoms with van der Waals surface area (Å²) in [6, 6.07) is 52.5. The van der Waals surface area contributed by atoms with Gasteiger partial charge in [-0.2, -0.15) is 0 Å². The van der Waals surface area contributed by atoms with E-state index in [1.807, 2.05) is 0 Å². The quantitative estimate of drug-likeness (QED) is 0.191. The molecule has 0 atom stereocenters. The van der Waals surface area contributed by atoms with Gasteiger partial charge in [0.25, 0.3) is 0 Å². The van der Waals surface area contributed by atoms with Gasteiger partial charge in [-0.3, -0.25) is 0 Å². The molecule has 0 radical (unpaired) electrons. The van der Waals surface area contributed by atoms with Gasteiger partial charge in [0.2, 0.25) is 0 Å². The third-order valence-electron chi connectivity index (χ3n) is 11.1. The molecule has 0 amide bonds. The summed E-state index contributed by atoms with van der Waals surface area (Å²) in [6.45, 7) is 4.69. The Balaban J connectivity index is 1.07. The smallest absolute Gasteiger partial charge is 0.180 e. The van der Waals surface area contributed by atoms with Crippen LogP contribution >= 0.6 is 0 Å².